The predicted octanol–water partition coefficient (Wildman–Crippen LogP) is 3.87. The molecule has 0 aliphatic carbocycles. The summed E-state index contributed by atoms with van der Waals surface area (Å²) < 4.78 is 53.7. The molecule has 0 atom stereocenters. The standard InChI is InChI=1S/C21H17Cl2N3O6S2/c1-13(27)25-33(29,30)18-9-5-16(6-10-18)24-21(28)19-12-15(23)4-11-20(19)26-34(31,32)17-7-2-14(22)3-8-17/h2-12,26H,1H3,(H,24,28)(H,25,27). The third-order valence-electron chi connectivity index (χ3n) is 4.30. The van der Waals surface area contributed by atoms with Crippen LogP contribution in [0.25, 0.3) is 0 Å². The Morgan fingerprint density at radius 2 is 1.26 bits per heavy atom. The topological polar surface area (TPSA) is 139 Å². The summed E-state index contributed by atoms with van der Waals surface area (Å²) in [5, 5.41) is 3.10. The van der Waals surface area contributed by atoms with E-state index in [1.54, 1.807) is 0 Å². The second-order valence-corrected chi connectivity index (χ2v) is 11.1. The van der Waals surface area contributed by atoms with Gasteiger partial charge in [0, 0.05) is 22.7 Å². The van der Waals surface area contributed by atoms with Crippen LogP contribution in [0, 0.1) is 0 Å². The number of carbonyl (C=O) groups excluding carboxylic acids is 2. The van der Waals surface area contributed by atoms with Crippen LogP contribution in [0.5, 0.6) is 0 Å². The van der Waals surface area contributed by atoms with E-state index in [2.05, 4.69) is 10.0 Å². The van der Waals surface area contributed by atoms with Gasteiger partial charge in [-0.3, -0.25) is 14.3 Å². The van der Waals surface area contributed by atoms with E-state index >= 15 is 0 Å². The lowest BCUT2D eigenvalue weighted by molar-refractivity contribution is -0.117. The smallest absolute Gasteiger partial charge is 0.264 e. The van der Waals surface area contributed by atoms with Gasteiger partial charge in [0.15, 0.2) is 0 Å². The van der Waals surface area contributed by atoms with Gasteiger partial charge in [-0.1, -0.05) is 23.2 Å². The van der Waals surface area contributed by atoms with Gasteiger partial charge in [0.2, 0.25) is 5.91 Å². The average molecular weight is 542 g/mol. The first-order valence-electron chi connectivity index (χ1n) is 9.40. The Hall–Kier alpha value is -3.12. The van der Waals surface area contributed by atoms with E-state index in [-0.39, 0.29) is 31.8 Å². The number of sulfonamides is 2. The number of halogens is 2. The quantitative estimate of drug-likeness (QED) is 0.414. The summed E-state index contributed by atoms with van der Waals surface area (Å²) >= 11 is 11.8. The number of carbonyl (C=O) groups is 2. The average Bonchev–Trinajstić information content (AvgIpc) is 2.74. The Balaban J connectivity index is 1.85. The van der Waals surface area contributed by atoms with Crippen molar-refractivity contribution < 1.29 is 26.4 Å². The van der Waals surface area contributed by atoms with E-state index in [0.29, 0.717) is 5.02 Å². The fraction of sp³-hybridized carbons (Fsp3) is 0.0476. The van der Waals surface area contributed by atoms with Crippen molar-refractivity contribution in [1.29, 1.82) is 0 Å². The van der Waals surface area contributed by atoms with Crippen molar-refractivity contribution in [3.05, 3.63) is 82.3 Å². The molecule has 0 bridgehead atoms. The molecule has 0 saturated carbocycles. The van der Waals surface area contributed by atoms with Gasteiger partial charge in [-0.25, -0.2) is 21.6 Å². The van der Waals surface area contributed by atoms with Crippen molar-refractivity contribution in [2.24, 2.45) is 0 Å². The minimum atomic E-state index is -4.04. The highest BCUT2D eigenvalue weighted by Crippen LogP contribution is 2.26. The molecule has 0 saturated heterocycles. The number of hydrogen-bond acceptors (Lipinski definition) is 6. The molecule has 9 nitrogen and oxygen atoms in total. The molecule has 0 radical (unpaired) electrons. The molecule has 0 aromatic heterocycles. The van der Waals surface area contributed by atoms with Gasteiger partial charge in [-0.05, 0) is 66.7 Å². The highest BCUT2D eigenvalue weighted by molar-refractivity contribution is 7.92. The zero-order chi connectivity index (χ0) is 25.1. The molecule has 3 rings (SSSR count). The van der Waals surface area contributed by atoms with E-state index < -0.39 is 31.9 Å². The lowest BCUT2D eigenvalue weighted by atomic mass is 10.1. The molecular formula is C21H17Cl2N3O6S2. The van der Waals surface area contributed by atoms with Crippen LogP contribution in [-0.4, -0.2) is 28.6 Å². The van der Waals surface area contributed by atoms with Gasteiger partial charge >= 0.3 is 0 Å². The van der Waals surface area contributed by atoms with Crippen molar-refractivity contribution in [2.45, 2.75) is 16.7 Å². The van der Waals surface area contributed by atoms with Crippen LogP contribution in [-0.2, 0) is 24.8 Å². The maximum absolute atomic E-state index is 12.9. The minimum absolute atomic E-state index is 0.0262. The summed E-state index contributed by atoms with van der Waals surface area (Å²) in [6.45, 7) is 1.07. The number of nitrogens with one attached hydrogen (secondary N) is 3. The third-order valence-corrected chi connectivity index (χ3v) is 7.61. The molecule has 0 heterocycles. The van der Waals surface area contributed by atoms with Gasteiger partial charge in [-0.2, -0.15) is 0 Å². The lowest BCUT2D eigenvalue weighted by Gasteiger charge is -2.14. The molecule has 2 amide bonds. The van der Waals surface area contributed by atoms with E-state index in [1.165, 1.54) is 66.7 Å². The molecular weight excluding hydrogens is 525 g/mol. The highest BCUT2D eigenvalue weighted by Gasteiger charge is 2.20. The zero-order valence-corrected chi connectivity index (χ0v) is 20.5. The largest absolute Gasteiger partial charge is 0.322 e. The second kappa shape index (κ2) is 10.0. The number of hydrogen-bond donors (Lipinski definition) is 3. The van der Waals surface area contributed by atoms with Gasteiger partial charge in [0.25, 0.3) is 26.0 Å². The summed E-state index contributed by atoms with van der Waals surface area (Å²) in [6, 6.07) is 14.5. The van der Waals surface area contributed by atoms with Crippen molar-refractivity contribution >= 4 is 66.4 Å². The summed E-state index contributed by atoms with van der Waals surface area (Å²) in [7, 11) is -8.07. The molecule has 34 heavy (non-hydrogen) atoms. The molecule has 13 heteroatoms. The fourth-order valence-electron chi connectivity index (χ4n) is 2.77. The highest BCUT2D eigenvalue weighted by atomic mass is 35.5. The molecule has 0 aliphatic heterocycles. The van der Waals surface area contributed by atoms with Crippen LogP contribution < -0.4 is 14.8 Å². The molecule has 0 unspecified atom stereocenters. The van der Waals surface area contributed by atoms with E-state index in [4.69, 9.17) is 23.2 Å². The lowest BCUT2D eigenvalue weighted by Crippen LogP contribution is -2.28. The zero-order valence-electron chi connectivity index (χ0n) is 17.4. The SMILES string of the molecule is CC(=O)NS(=O)(=O)c1ccc(NC(=O)c2cc(Cl)ccc2NS(=O)(=O)c2ccc(Cl)cc2)cc1. The molecule has 0 fully saturated rings. The fourth-order valence-corrected chi connectivity index (χ4v) is 5.14. The maximum atomic E-state index is 12.9. The number of benzene rings is 3. The Morgan fingerprint density at radius 1 is 0.735 bits per heavy atom. The van der Waals surface area contributed by atoms with E-state index in [1.807, 2.05) is 4.72 Å². The molecule has 0 spiro atoms. The Bertz CT molecular complexity index is 1460. The van der Waals surface area contributed by atoms with Gasteiger partial charge in [0.1, 0.15) is 0 Å². The number of rotatable bonds is 7. The normalized spacial score (nSPS) is 11.5. The van der Waals surface area contributed by atoms with Gasteiger partial charge in [0.05, 0.1) is 21.0 Å². The minimum Gasteiger partial charge on any atom is -0.322 e. The monoisotopic (exact) mass is 541 g/mol. The second-order valence-electron chi connectivity index (χ2n) is 6.89. The molecule has 3 aromatic carbocycles. The third kappa shape index (κ3) is 6.26. The molecule has 3 N–H and O–H groups in total. The van der Waals surface area contributed by atoms with Gasteiger partial charge < -0.3 is 5.32 Å². The summed E-state index contributed by atoms with van der Waals surface area (Å²) in [5.41, 5.74) is 0.125. The van der Waals surface area contributed by atoms with Crippen LogP contribution in [0.1, 0.15) is 17.3 Å². The number of amides is 2. The summed E-state index contributed by atoms with van der Waals surface area (Å²) in [5.74, 6) is -1.44. The van der Waals surface area contributed by atoms with Crippen molar-refractivity contribution in [3.8, 4) is 0 Å². The van der Waals surface area contributed by atoms with Crippen molar-refractivity contribution in [3.63, 3.8) is 0 Å². The Morgan fingerprint density at radius 3 is 1.85 bits per heavy atom. The first kappa shape index (κ1) is 25.5. The first-order valence-corrected chi connectivity index (χ1v) is 13.1. The molecule has 3 aromatic rings. The van der Waals surface area contributed by atoms with Crippen LogP contribution in [0.15, 0.2) is 76.5 Å². The van der Waals surface area contributed by atoms with Crippen LogP contribution in [0.4, 0.5) is 11.4 Å². The van der Waals surface area contributed by atoms with E-state index in [0.717, 1.165) is 6.92 Å². The van der Waals surface area contributed by atoms with E-state index in [9.17, 15) is 26.4 Å². The Kier molecular flexibility index (Phi) is 7.51. The summed E-state index contributed by atoms with van der Waals surface area (Å²) in [6.07, 6.45) is 0. The first-order chi connectivity index (χ1) is 15.9. The number of anilines is 2. The van der Waals surface area contributed by atoms with Crippen molar-refractivity contribution in [2.75, 3.05) is 10.0 Å². The molecule has 178 valence electrons. The van der Waals surface area contributed by atoms with Crippen LogP contribution in [0.2, 0.25) is 10.0 Å². The van der Waals surface area contributed by atoms with Crippen LogP contribution >= 0.6 is 23.2 Å². The van der Waals surface area contributed by atoms with Crippen molar-refractivity contribution in [1.82, 2.24) is 4.72 Å². The predicted molar refractivity (Wildman–Crippen MR) is 129 cm³/mol. The van der Waals surface area contributed by atoms with Gasteiger partial charge in [-0.15, -0.1) is 0 Å². The summed E-state index contributed by atoms with van der Waals surface area (Å²) in [4.78, 5) is 23.7. The Labute approximate surface area is 206 Å². The molecule has 0 aliphatic rings. The van der Waals surface area contributed by atoms with Crippen LogP contribution in [0.3, 0.4) is 0 Å². The maximum Gasteiger partial charge on any atom is 0.264 e.